The molecule has 3 aromatic carbocycles. The molecule has 3 aliphatic heterocycles. The molecule has 0 bridgehead atoms. The van der Waals surface area contributed by atoms with E-state index in [0.717, 1.165) is 0 Å². The van der Waals surface area contributed by atoms with Crippen LogP contribution in [0.3, 0.4) is 0 Å². The van der Waals surface area contributed by atoms with E-state index in [1.54, 1.807) is 87.0 Å². The summed E-state index contributed by atoms with van der Waals surface area (Å²) in [5.41, 5.74) is 0.144. The topological polar surface area (TPSA) is 346 Å². The van der Waals surface area contributed by atoms with Gasteiger partial charge in [0.1, 0.15) is 51.8 Å². The summed E-state index contributed by atoms with van der Waals surface area (Å²) in [6.07, 6.45) is 8.44. The number of rotatable bonds is 15. The van der Waals surface area contributed by atoms with Crippen molar-refractivity contribution < 1.29 is 56.0 Å². The number of aryl methyl sites for hydroxylation is 3. The fourth-order valence-electron chi connectivity index (χ4n) is 16.4. The Morgan fingerprint density at radius 1 is 0.378 bits per heavy atom. The molecule has 696 valence electrons. The highest BCUT2D eigenvalue weighted by atomic mass is 35.5. The number of aromatic hydroxyl groups is 3. The second-order valence-electron chi connectivity index (χ2n) is 32.0. The lowest BCUT2D eigenvalue weighted by Gasteiger charge is -2.36. The first-order valence-electron chi connectivity index (χ1n) is 41.1. The summed E-state index contributed by atoms with van der Waals surface area (Å²) < 4.78 is 90.8. The lowest BCUT2D eigenvalue weighted by Crippen LogP contribution is -2.49. The van der Waals surface area contributed by atoms with Crippen molar-refractivity contribution >= 4 is 172 Å². The molecule has 0 radical (unpaired) electrons. The van der Waals surface area contributed by atoms with E-state index in [9.17, 15) is 86.2 Å². The SMILES string of the molecule is C=CC(=O)N1CCN(c2c(C#N)c(=O)n(-c3c(C)ccnc3C(C)C)c3nc(-c4c(O)c(F)c(F)c(Cl)c4Cl)c(Cl)cc23)CC1.C=CC(=O)N1CCN(c2c(C#N)c(=O)n(-c3c(C)ccnc3C(C)C)c3nc(-c4c(O)c(F)c(F)c(Cl)c4Cl)c(Cl)cc23)CC1.C=CC(=O)N1CCN(c2c(C#N)c(=O)n(-c3c(C)ccnc3C(C)C)c3nc(-c4c(O)c(F)c(F)c(Cl)c4Cl)c(Cl)cc23)CC1. The molecule has 12 aromatic rings. The van der Waals surface area contributed by atoms with Crippen LogP contribution >= 0.6 is 104 Å². The smallest absolute Gasteiger partial charge is 0.276 e. The summed E-state index contributed by atoms with van der Waals surface area (Å²) in [6, 6.07) is 15.5. The van der Waals surface area contributed by atoms with Gasteiger partial charge in [-0.1, -0.05) is 166 Å². The normalized spacial score (nSPS) is 13.4. The van der Waals surface area contributed by atoms with Crippen molar-refractivity contribution in [2.75, 3.05) is 93.2 Å². The van der Waals surface area contributed by atoms with Crippen molar-refractivity contribution in [2.24, 2.45) is 0 Å². The number of benzene rings is 3. The number of amides is 3. The van der Waals surface area contributed by atoms with Gasteiger partial charge < -0.3 is 44.7 Å². The van der Waals surface area contributed by atoms with Gasteiger partial charge in [0.05, 0.1) is 130 Å². The molecule has 135 heavy (non-hydrogen) atoms. The van der Waals surface area contributed by atoms with Crippen molar-refractivity contribution in [3.8, 4) is 86.3 Å². The van der Waals surface area contributed by atoms with E-state index in [4.69, 9.17) is 104 Å². The van der Waals surface area contributed by atoms with Crippen LogP contribution in [-0.4, -0.2) is 170 Å². The average molecular weight is 2020 g/mol. The third kappa shape index (κ3) is 17.8. The number of piperazine rings is 3. The van der Waals surface area contributed by atoms with Gasteiger partial charge in [0.15, 0.2) is 34.7 Å². The van der Waals surface area contributed by atoms with E-state index in [2.05, 4.69) is 49.6 Å². The Hall–Kier alpha value is -12.7. The molecule has 27 nitrogen and oxygen atoms in total. The lowest BCUT2D eigenvalue weighted by molar-refractivity contribution is -0.127. The van der Waals surface area contributed by atoms with E-state index >= 15 is 0 Å². The summed E-state index contributed by atoms with van der Waals surface area (Å²) in [4.78, 5) is 117. The quantitative estimate of drug-likeness (QED) is 0.0371. The molecule has 3 N–H and O–H groups in total. The number of hydrogen-bond donors (Lipinski definition) is 3. The molecule has 3 saturated heterocycles. The Labute approximate surface area is 810 Å². The highest BCUT2D eigenvalue weighted by Crippen LogP contribution is 2.52. The molecule has 0 unspecified atom stereocenters. The van der Waals surface area contributed by atoms with Crippen LogP contribution in [0.4, 0.5) is 43.4 Å². The van der Waals surface area contributed by atoms with Crippen LogP contribution in [0.15, 0.2) is 107 Å². The standard InChI is InChI=1S/3C31H25Cl3F2N6O3/c3*1-5-19(43)40-8-10-41(11-9-40)28-16-12-18(32)26(20-21(33)22(34)23(35)24(36)29(20)44)39-30(16)42(31(45)17(28)13-37)27-15(4)6-7-38-25(27)14(2)3/h3*5-7,12,14,44H,1,8-11H2,2-4H3. The zero-order chi connectivity index (χ0) is 98.7. The number of phenolic OH excluding ortho intramolecular Hbond substituents is 3. The number of carbonyl (C=O) groups is 3. The number of halogens is 15. The zero-order valence-electron chi connectivity index (χ0n) is 72.8. The molecular formula is C93H75Cl9F6N18O9. The van der Waals surface area contributed by atoms with Crippen LogP contribution in [0.2, 0.25) is 45.2 Å². The number of aromatic nitrogens is 9. The predicted octanol–water partition coefficient (Wildman–Crippen LogP) is 19.6. The summed E-state index contributed by atoms with van der Waals surface area (Å²) >= 11 is 56.9. The van der Waals surface area contributed by atoms with Crippen molar-refractivity contribution in [1.82, 2.24) is 58.3 Å². The minimum absolute atomic E-state index is 0.0210. The van der Waals surface area contributed by atoms with Crippen LogP contribution in [0.5, 0.6) is 17.2 Å². The molecular weight excluding hydrogens is 1950 g/mol. The van der Waals surface area contributed by atoms with Gasteiger partial charge in [-0.25, -0.2) is 28.1 Å². The minimum atomic E-state index is -1.66. The predicted molar refractivity (Wildman–Crippen MR) is 509 cm³/mol. The molecule has 42 heteroatoms. The van der Waals surface area contributed by atoms with Crippen LogP contribution in [-0.2, 0) is 14.4 Å². The maximum atomic E-state index is 14.7. The Morgan fingerprint density at radius 2 is 0.600 bits per heavy atom. The van der Waals surface area contributed by atoms with Crippen LogP contribution in [0.25, 0.3) is 83.9 Å². The molecule has 15 rings (SSSR count). The number of anilines is 3. The summed E-state index contributed by atoms with van der Waals surface area (Å²) in [7, 11) is 0. The van der Waals surface area contributed by atoms with Crippen molar-refractivity contribution in [3.05, 3.63) is 255 Å². The van der Waals surface area contributed by atoms with E-state index in [-0.39, 0.29) is 213 Å². The van der Waals surface area contributed by atoms with Gasteiger partial charge in [0.25, 0.3) is 16.7 Å². The van der Waals surface area contributed by atoms with E-state index in [1.165, 1.54) is 50.1 Å². The third-order valence-corrected chi connectivity index (χ3v) is 26.4. The van der Waals surface area contributed by atoms with Gasteiger partial charge >= 0.3 is 0 Å². The average Bonchev–Trinajstić information content (AvgIpc) is 0.728. The second-order valence-corrected chi connectivity index (χ2v) is 35.5. The summed E-state index contributed by atoms with van der Waals surface area (Å²) in [6.45, 7) is 30.5. The highest BCUT2D eigenvalue weighted by molar-refractivity contribution is 6.46. The molecule has 3 fully saturated rings. The number of phenols is 3. The van der Waals surface area contributed by atoms with Crippen molar-refractivity contribution in [2.45, 2.75) is 80.1 Å². The van der Waals surface area contributed by atoms with Crippen molar-refractivity contribution in [1.29, 1.82) is 15.8 Å². The molecule has 0 spiro atoms. The van der Waals surface area contributed by atoms with Gasteiger partial charge in [0.2, 0.25) is 35.2 Å². The zero-order valence-corrected chi connectivity index (χ0v) is 79.6. The second kappa shape index (κ2) is 40.1. The van der Waals surface area contributed by atoms with Gasteiger partial charge in [-0.2, -0.15) is 29.0 Å². The van der Waals surface area contributed by atoms with Gasteiger partial charge in [-0.3, -0.25) is 57.4 Å². The number of nitriles is 3. The molecule has 9 aromatic heterocycles. The number of carbonyl (C=O) groups excluding carboxylic acids is 3. The first-order valence-corrected chi connectivity index (χ1v) is 44.5. The molecule has 0 atom stereocenters. The monoisotopic (exact) mass is 2020 g/mol. The molecule has 3 amide bonds. The third-order valence-electron chi connectivity index (χ3n) is 23.0. The van der Waals surface area contributed by atoms with E-state index < -0.39 is 116 Å². The minimum Gasteiger partial charge on any atom is -0.504 e. The Morgan fingerprint density at radius 3 is 0.800 bits per heavy atom. The number of hydrogen-bond acceptors (Lipinski definition) is 21. The van der Waals surface area contributed by atoms with E-state index in [0.29, 0.717) is 50.8 Å². The maximum absolute atomic E-state index is 14.7. The fourth-order valence-corrected chi connectivity index (χ4v) is 18.5. The lowest BCUT2D eigenvalue weighted by atomic mass is 10.0. The Kier molecular flexibility index (Phi) is 29.6. The van der Waals surface area contributed by atoms with Crippen LogP contribution < -0.4 is 31.4 Å². The van der Waals surface area contributed by atoms with Gasteiger partial charge in [-0.15, -0.1) is 0 Å². The van der Waals surface area contributed by atoms with Crippen LogP contribution in [0.1, 0.15) is 110 Å². The summed E-state index contributed by atoms with van der Waals surface area (Å²) in [5.74, 6) is -14.4. The first-order chi connectivity index (χ1) is 64.0. The number of fused-ring (bicyclic) bond motifs is 3. The summed E-state index contributed by atoms with van der Waals surface area (Å²) in [5, 5.41) is 59.3. The fraction of sp³-hybridized carbons (Fsp3) is 0.258. The Balaban J connectivity index is 0.000000171. The van der Waals surface area contributed by atoms with Crippen LogP contribution in [0, 0.1) is 89.7 Å². The molecule has 3 aliphatic rings. The molecule has 12 heterocycles. The first kappa shape index (κ1) is 99.7. The largest absolute Gasteiger partial charge is 0.504 e. The Bertz CT molecular complexity index is 6650. The number of nitrogens with zero attached hydrogens (tertiary/aromatic N) is 18. The maximum Gasteiger partial charge on any atom is 0.276 e. The number of pyridine rings is 9. The molecule has 0 saturated carbocycles. The molecule has 0 aliphatic carbocycles. The van der Waals surface area contributed by atoms with E-state index in [1.807, 2.05) is 59.8 Å². The highest BCUT2D eigenvalue weighted by Gasteiger charge is 2.38. The van der Waals surface area contributed by atoms with Crippen molar-refractivity contribution in [3.63, 3.8) is 0 Å². The van der Waals surface area contributed by atoms with Gasteiger partial charge in [-0.05, 0) is 110 Å². The van der Waals surface area contributed by atoms with Gasteiger partial charge in [0, 0.05) is 113 Å².